The average molecular weight is 350 g/mol. The smallest absolute Gasteiger partial charge is 0.188 e. The van der Waals surface area contributed by atoms with Gasteiger partial charge in [0.05, 0.1) is 18.4 Å². The summed E-state index contributed by atoms with van der Waals surface area (Å²) in [5.74, 6) is 3.24. The lowest BCUT2D eigenvalue weighted by Gasteiger charge is -2.06. The summed E-state index contributed by atoms with van der Waals surface area (Å²) in [5.41, 5.74) is 2.67. The molecule has 2 aliphatic rings. The van der Waals surface area contributed by atoms with Crippen LogP contribution >= 0.6 is 0 Å². The van der Waals surface area contributed by atoms with Gasteiger partial charge in [-0.2, -0.15) is 5.10 Å². The molecule has 4 rings (SSSR count). The minimum absolute atomic E-state index is 0.650. The molecule has 0 saturated heterocycles. The number of hydrogen-bond donors (Lipinski definition) is 1. The Hall–Kier alpha value is -2.96. The third-order valence-corrected chi connectivity index (χ3v) is 4.32. The zero-order valence-corrected chi connectivity index (χ0v) is 15.1. The van der Waals surface area contributed by atoms with Gasteiger partial charge in [-0.3, -0.25) is 5.10 Å². The van der Waals surface area contributed by atoms with Crippen LogP contribution in [0.25, 0.3) is 28.4 Å². The van der Waals surface area contributed by atoms with Crippen molar-refractivity contribution in [2.24, 2.45) is 0 Å². The number of ether oxygens (including phenoxy) is 1. The number of rotatable bonds is 7. The largest absolute Gasteiger partial charge is 0.494 e. The minimum atomic E-state index is 0.650. The Morgan fingerprint density at radius 1 is 1.08 bits per heavy atom. The maximum atomic E-state index is 5.65. The third-order valence-electron chi connectivity index (χ3n) is 4.32. The molecule has 2 aromatic rings. The van der Waals surface area contributed by atoms with Crippen LogP contribution in [0.15, 0.2) is 30.5 Å². The van der Waals surface area contributed by atoms with Gasteiger partial charge in [0.1, 0.15) is 11.6 Å². The van der Waals surface area contributed by atoms with Crippen molar-refractivity contribution in [2.45, 2.75) is 39.5 Å². The number of H-pyrrole nitrogens is 1. The molecule has 0 amide bonds. The number of nitrogens with one attached hydrogen (secondary N) is 1. The third kappa shape index (κ3) is 3.00. The SMILES string of the molecule is CCCCc1nc2nncc-2c2nc(-c3ccc(OCCC)cc3)[nH]n12. The van der Waals surface area contributed by atoms with Gasteiger partial charge in [0.25, 0.3) is 0 Å². The summed E-state index contributed by atoms with van der Waals surface area (Å²) in [7, 11) is 0. The second-order valence-corrected chi connectivity index (χ2v) is 6.32. The number of benzene rings is 1. The van der Waals surface area contributed by atoms with Gasteiger partial charge in [0.2, 0.25) is 0 Å². The first-order chi connectivity index (χ1) is 12.8. The van der Waals surface area contributed by atoms with Gasteiger partial charge in [-0.05, 0) is 37.1 Å². The molecule has 0 unspecified atom stereocenters. The quantitative estimate of drug-likeness (QED) is 0.549. The first kappa shape index (κ1) is 16.5. The van der Waals surface area contributed by atoms with E-state index in [4.69, 9.17) is 9.72 Å². The maximum Gasteiger partial charge on any atom is 0.188 e. The van der Waals surface area contributed by atoms with E-state index in [9.17, 15) is 0 Å². The summed E-state index contributed by atoms with van der Waals surface area (Å²) in [5, 5.41) is 11.5. The average Bonchev–Trinajstić information content (AvgIpc) is 3.31. The number of fused-ring (bicyclic) bond motifs is 3. The predicted octanol–water partition coefficient (Wildman–Crippen LogP) is 3.75. The van der Waals surface area contributed by atoms with Gasteiger partial charge in [0, 0.05) is 12.0 Å². The van der Waals surface area contributed by atoms with E-state index >= 15 is 0 Å². The molecule has 1 N–H and O–H groups in total. The van der Waals surface area contributed by atoms with Crippen molar-refractivity contribution < 1.29 is 4.74 Å². The predicted molar refractivity (Wildman–Crippen MR) is 99.4 cm³/mol. The van der Waals surface area contributed by atoms with E-state index in [2.05, 4.69) is 34.1 Å². The zero-order chi connectivity index (χ0) is 17.9. The standard InChI is InChI=1S/C19H22N6O/c1-3-5-6-16-21-18-15(12-20-23-18)19-22-17(24-25(16)19)13-7-9-14(10-8-13)26-11-4-2/h7-10,12H,3-6,11H2,1-2H3,(H,22,24). The lowest BCUT2D eigenvalue weighted by atomic mass is 10.2. The molecule has 0 aliphatic carbocycles. The molecule has 0 radical (unpaired) electrons. The molecule has 0 spiro atoms. The Kier molecular flexibility index (Phi) is 4.51. The molecule has 134 valence electrons. The van der Waals surface area contributed by atoms with Gasteiger partial charge in [-0.15, -0.1) is 5.10 Å². The molecular weight excluding hydrogens is 328 g/mol. The molecule has 7 heteroatoms. The van der Waals surface area contributed by atoms with Crippen molar-refractivity contribution >= 4 is 5.65 Å². The van der Waals surface area contributed by atoms with Crippen LogP contribution in [-0.2, 0) is 6.42 Å². The van der Waals surface area contributed by atoms with E-state index in [0.29, 0.717) is 5.82 Å². The summed E-state index contributed by atoms with van der Waals surface area (Å²) in [6, 6.07) is 7.98. The van der Waals surface area contributed by atoms with Gasteiger partial charge >= 0.3 is 0 Å². The van der Waals surface area contributed by atoms with Gasteiger partial charge in [0.15, 0.2) is 17.3 Å². The van der Waals surface area contributed by atoms with Crippen LogP contribution in [-0.4, -0.2) is 36.4 Å². The fourth-order valence-corrected chi connectivity index (χ4v) is 2.93. The summed E-state index contributed by atoms with van der Waals surface area (Å²) in [4.78, 5) is 9.44. The van der Waals surface area contributed by atoms with Crippen molar-refractivity contribution in [2.75, 3.05) is 6.61 Å². The molecular formula is C19H22N6O. The van der Waals surface area contributed by atoms with E-state index in [0.717, 1.165) is 66.5 Å². The van der Waals surface area contributed by atoms with Gasteiger partial charge in [-0.1, -0.05) is 20.3 Å². The lowest BCUT2D eigenvalue weighted by Crippen LogP contribution is -2.05. The van der Waals surface area contributed by atoms with Crippen LogP contribution < -0.4 is 4.74 Å². The second kappa shape index (κ2) is 7.11. The molecule has 7 nitrogen and oxygen atoms in total. The number of aryl methyl sites for hydroxylation is 1. The first-order valence-corrected chi connectivity index (χ1v) is 9.12. The number of unbranched alkanes of at least 4 members (excludes halogenated alkanes) is 1. The fourth-order valence-electron chi connectivity index (χ4n) is 2.93. The number of aromatic nitrogens is 6. The van der Waals surface area contributed by atoms with E-state index in [1.165, 1.54) is 0 Å². The second-order valence-electron chi connectivity index (χ2n) is 6.32. The zero-order valence-electron chi connectivity index (χ0n) is 15.1. The Morgan fingerprint density at radius 2 is 1.92 bits per heavy atom. The molecule has 1 aromatic heterocycles. The lowest BCUT2D eigenvalue weighted by molar-refractivity contribution is 0.317. The number of hydrogen-bond acceptors (Lipinski definition) is 5. The molecule has 0 saturated carbocycles. The van der Waals surface area contributed by atoms with Crippen LogP contribution in [0.1, 0.15) is 38.9 Å². The van der Waals surface area contributed by atoms with Crippen LogP contribution in [0.5, 0.6) is 5.75 Å². The number of nitrogens with zero attached hydrogens (tertiary/aromatic N) is 5. The molecule has 0 fully saturated rings. The summed E-state index contributed by atoms with van der Waals surface area (Å²) < 4.78 is 7.61. The Bertz CT molecular complexity index is 972. The maximum absolute atomic E-state index is 5.65. The monoisotopic (exact) mass is 350 g/mol. The van der Waals surface area contributed by atoms with E-state index < -0.39 is 0 Å². The minimum Gasteiger partial charge on any atom is -0.494 e. The highest BCUT2D eigenvalue weighted by atomic mass is 16.5. The Morgan fingerprint density at radius 3 is 2.69 bits per heavy atom. The highest BCUT2D eigenvalue weighted by Gasteiger charge is 2.19. The topological polar surface area (TPSA) is 81.0 Å². The molecule has 26 heavy (non-hydrogen) atoms. The van der Waals surface area contributed by atoms with E-state index in [-0.39, 0.29) is 0 Å². The van der Waals surface area contributed by atoms with Crippen LogP contribution in [0.3, 0.4) is 0 Å². The Labute approximate surface area is 151 Å². The van der Waals surface area contributed by atoms with E-state index in [1.807, 2.05) is 28.8 Å². The molecule has 1 aromatic carbocycles. The normalized spacial score (nSPS) is 11.5. The molecule has 2 aliphatic heterocycles. The highest BCUT2D eigenvalue weighted by molar-refractivity contribution is 5.74. The Balaban J connectivity index is 1.74. The van der Waals surface area contributed by atoms with Gasteiger partial charge < -0.3 is 4.74 Å². The van der Waals surface area contributed by atoms with Crippen molar-refractivity contribution in [3.63, 3.8) is 0 Å². The van der Waals surface area contributed by atoms with Crippen LogP contribution in [0.2, 0.25) is 0 Å². The van der Waals surface area contributed by atoms with Gasteiger partial charge in [-0.25, -0.2) is 14.5 Å². The first-order valence-electron chi connectivity index (χ1n) is 9.12. The fraction of sp³-hybridized carbons (Fsp3) is 0.368. The van der Waals surface area contributed by atoms with Crippen molar-refractivity contribution in [3.8, 4) is 28.5 Å². The summed E-state index contributed by atoms with van der Waals surface area (Å²) in [6.45, 7) is 4.99. The van der Waals surface area contributed by atoms with Crippen molar-refractivity contribution in [3.05, 3.63) is 36.3 Å². The van der Waals surface area contributed by atoms with Crippen molar-refractivity contribution in [1.29, 1.82) is 0 Å². The van der Waals surface area contributed by atoms with Crippen LogP contribution in [0.4, 0.5) is 0 Å². The van der Waals surface area contributed by atoms with E-state index in [1.54, 1.807) is 6.20 Å². The molecule has 0 bridgehead atoms. The molecule has 0 atom stereocenters. The van der Waals surface area contributed by atoms with Crippen LogP contribution in [0, 0.1) is 0 Å². The van der Waals surface area contributed by atoms with Crippen molar-refractivity contribution in [1.82, 2.24) is 29.8 Å². The summed E-state index contributed by atoms with van der Waals surface area (Å²) >= 11 is 0. The molecule has 3 heterocycles. The number of aromatic amines is 1. The highest BCUT2D eigenvalue weighted by Crippen LogP contribution is 2.26. The summed E-state index contributed by atoms with van der Waals surface area (Å²) in [6.07, 6.45) is 5.74.